The van der Waals surface area contributed by atoms with Crippen molar-refractivity contribution in [3.63, 3.8) is 0 Å². The van der Waals surface area contributed by atoms with E-state index in [9.17, 15) is 9.59 Å². The molecule has 0 spiro atoms. The lowest BCUT2D eigenvalue weighted by atomic mass is 10.0. The average Bonchev–Trinajstić information content (AvgIpc) is 2.41. The number of carbonyl (C=O) groups is 2. The Morgan fingerprint density at radius 1 is 1.52 bits per heavy atom. The molecule has 2 rings (SSSR count). The van der Waals surface area contributed by atoms with Gasteiger partial charge in [0.1, 0.15) is 23.7 Å². The van der Waals surface area contributed by atoms with Gasteiger partial charge in [0.2, 0.25) is 3.79 Å². The maximum atomic E-state index is 12.1. The number of rotatable bonds is 4. The summed E-state index contributed by atoms with van der Waals surface area (Å²) in [6.07, 6.45) is 0. The monoisotopic (exact) mass is 374 g/mol. The van der Waals surface area contributed by atoms with E-state index in [2.05, 4.69) is 5.48 Å². The second-order valence-corrected chi connectivity index (χ2v) is 8.15. The van der Waals surface area contributed by atoms with Gasteiger partial charge in [-0.05, 0) is 12.5 Å². The summed E-state index contributed by atoms with van der Waals surface area (Å²) in [7, 11) is 1.43. The first-order valence-corrected chi connectivity index (χ1v) is 8.11. The minimum Gasteiger partial charge on any atom is -0.456 e. The van der Waals surface area contributed by atoms with Gasteiger partial charge in [-0.15, -0.1) is 11.8 Å². The third kappa shape index (κ3) is 3.60. The summed E-state index contributed by atoms with van der Waals surface area (Å²) in [4.78, 5) is 30.4. The predicted molar refractivity (Wildman–Crippen MR) is 81.0 cm³/mol. The molecule has 2 heterocycles. The number of thioether (sulfide) groups is 1. The Balaban J connectivity index is 2.11. The van der Waals surface area contributed by atoms with E-state index in [1.54, 1.807) is 6.92 Å². The molecular formula is C11H13Cl3N2O4S. The lowest BCUT2D eigenvalue weighted by molar-refractivity contribution is -0.156. The number of ether oxygens (including phenoxy) is 1. The van der Waals surface area contributed by atoms with Gasteiger partial charge < -0.3 is 9.57 Å². The number of nitrogens with one attached hydrogen (secondary N) is 1. The van der Waals surface area contributed by atoms with E-state index in [1.165, 1.54) is 23.8 Å². The van der Waals surface area contributed by atoms with E-state index < -0.39 is 15.8 Å². The highest BCUT2D eigenvalue weighted by molar-refractivity contribution is 8.00. The Kier molecular flexibility index (Phi) is 5.33. The Morgan fingerprint density at radius 3 is 2.76 bits per heavy atom. The number of β-lactam (4-membered cyclic amide) rings is 1. The molecule has 0 aromatic heterocycles. The molecule has 10 heteroatoms. The predicted octanol–water partition coefficient (Wildman–Crippen LogP) is 1.61. The van der Waals surface area contributed by atoms with Crippen molar-refractivity contribution in [1.82, 2.24) is 10.4 Å². The van der Waals surface area contributed by atoms with Gasteiger partial charge in [0, 0.05) is 5.75 Å². The zero-order chi connectivity index (χ0) is 15.8. The molecule has 0 saturated carbocycles. The van der Waals surface area contributed by atoms with Crippen LogP contribution in [0.5, 0.6) is 0 Å². The fourth-order valence-corrected chi connectivity index (χ4v) is 3.52. The first-order valence-electron chi connectivity index (χ1n) is 5.93. The van der Waals surface area contributed by atoms with Crippen LogP contribution in [0.1, 0.15) is 6.92 Å². The van der Waals surface area contributed by atoms with E-state index in [-0.39, 0.29) is 23.6 Å². The molecule has 1 saturated heterocycles. The van der Waals surface area contributed by atoms with Gasteiger partial charge in [0.15, 0.2) is 0 Å². The Morgan fingerprint density at radius 2 is 2.19 bits per heavy atom. The number of halogens is 3. The Bertz CT molecular complexity index is 494. The lowest BCUT2D eigenvalue weighted by Crippen LogP contribution is -2.69. The van der Waals surface area contributed by atoms with E-state index in [0.29, 0.717) is 5.75 Å². The number of hydroxylamine groups is 1. The van der Waals surface area contributed by atoms with E-state index in [4.69, 9.17) is 44.4 Å². The zero-order valence-electron chi connectivity index (χ0n) is 11.2. The van der Waals surface area contributed by atoms with Crippen LogP contribution in [-0.4, -0.2) is 51.5 Å². The fraction of sp³-hybridized carbons (Fsp3) is 0.636. The van der Waals surface area contributed by atoms with Crippen LogP contribution < -0.4 is 5.48 Å². The molecule has 6 nitrogen and oxygen atoms in total. The fourth-order valence-electron chi connectivity index (χ4n) is 2.08. The number of nitrogens with zero attached hydrogens (tertiary/aromatic N) is 1. The Labute approximate surface area is 141 Å². The van der Waals surface area contributed by atoms with Gasteiger partial charge in [-0.3, -0.25) is 9.69 Å². The highest BCUT2D eigenvalue weighted by Crippen LogP contribution is 2.40. The molecule has 0 bridgehead atoms. The number of hydrogen-bond acceptors (Lipinski definition) is 6. The smallest absolute Gasteiger partial charge is 0.355 e. The summed E-state index contributed by atoms with van der Waals surface area (Å²) < 4.78 is 3.28. The van der Waals surface area contributed by atoms with Crippen LogP contribution in [0.2, 0.25) is 0 Å². The maximum absolute atomic E-state index is 12.1. The maximum Gasteiger partial charge on any atom is 0.355 e. The van der Waals surface area contributed by atoms with Crippen LogP contribution in [0.3, 0.4) is 0 Å². The van der Waals surface area contributed by atoms with E-state index >= 15 is 0 Å². The summed E-state index contributed by atoms with van der Waals surface area (Å²) in [5.41, 5.74) is 3.57. The Hall–Kier alpha value is -0.180. The average molecular weight is 376 g/mol. The molecule has 0 radical (unpaired) electrons. The van der Waals surface area contributed by atoms with Crippen molar-refractivity contribution in [1.29, 1.82) is 0 Å². The van der Waals surface area contributed by atoms with Gasteiger partial charge in [-0.2, -0.15) is 5.48 Å². The zero-order valence-corrected chi connectivity index (χ0v) is 14.3. The number of hydrogen-bond donors (Lipinski definition) is 1. The summed E-state index contributed by atoms with van der Waals surface area (Å²) in [6, 6.07) is -0.482. The molecule has 1 amide bonds. The third-order valence-electron chi connectivity index (χ3n) is 2.96. The van der Waals surface area contributed by atoms with Gasteiger partial charge >= 0.3 is 5.97 Å². The molecule has 0 aromatic carbocycles. The van der Waals surface area contributed by atoms with Crippen molar-refractivity contribution in [3.8, 4) is 0 Å². The molecule has 0 aromatic rings. The van der Waals surface area contributed by atoms with Crippen LogP contribution in [0.25, 0.3) is 0 Å². The number of amides is 1. The number of esters is 1. The standard InChI is InChI=1S/C11H13Cl3N2O4S/c1-5-3-21-9-6(15-19-2)8(17)16(9)7(5)10(18)20-4-11(12,13)14/h6,9,15H,3-4H2,1-2H3/t6-,9-/m1/s1. The molecule has 118 valence electrons. The van der Waals surface area contributed by atoms with Gasteiger partial charge in [0.25, 0.3) is 5.91 Å². The highest BCUT2D eigenvalue weighted by Gasteiger charge is 2.53. The van der Waals surface area contributed by atoms with Gasteiger partial charge in [-0.1, -0.05) is 34.8 Å². The molecule has 0 unspecified atom stereocenters. The summed E-state index contributed by atoms with van der Waals surface area (Å²) in [5, 5.41) is -0.212. The largest absolute Gasteiger partial charge is 0.456 e. The van der Waals surface area contributed by atoms with Crippen LogP contribution in [0, 0.1) is 0 Å². The van der Waals surface area contributed by atoms with Crippen molar-refractivity contribution in [2.75, 3.05) is 19.5 Å². The van der Waals surface area contributed by atoms with Gasteiger partial charge in [-0.25, -0.2) is 4.79 Å². The van der Waals surface area contributed by atoms with Crippen molar-refractivity contribution < 1.29 is 19.2 Å². The number of fused-ring (bicyclic) bond motifs is 1. The second-order valence-electron chi connectivity index (χ2n) is 4.53. The van der Waals surface area contributed by atoms with Crippen LogP contribution in [-0.2, 0) is 19.2 Å². The highest BCUT2D eigenvalue weighted by atomic mass is 35.6. The molecule has 2 aliphatic rings. The van der Waals surface area contributed by atoms with Crippen molar-refractivity contribution in [2.24, 2.45) is 0 Å². The molecular weight excluding hydrogens is 363 g/mol. The van der Waals surface area contributed by atoms with E-state index in [1.807, 2.05) is 0 Å². The SMILES string of the molecule is CON[C@@H]1C(=O)N2C(C(=O)OCC(Cl)(Cl)Cl)=C(C)CS[C@H]12. The molecule has 21 heavy (non-hydrogen) atoms. The first kappa shape index (κ1) is 17.2. The number of carbonyl (C=O) groups excluding carboxylic acids is 2. The van der Waals surface area contributed by atoms with Crippen LogP contribution in [0.4, 0.5) is 0 Å². The summed E-state index contributed by atoms with van der Waals surface area (Å²) in [5.74, 6) is -0.322. The minimum atomic E-state index is -1.69. The molecule has 2 aliphatic heterocycles. The summed E-state index contributed by atoms with van der Waals surface area (Å²) in [6.45, 7) is 1.38. The van der Waals surface area contributed by atoms with Crippen LogP contribution >= 0.6 is 46.6 Å². The molecule has 1 fully saturated rings. The molecule has 2 atom stereocenters. The number of alkyl halides is 3. The summed E-state index contributed by atoms with van der Waals surface area (Å²) >= 11 is 18.2. The lowest BCUT2D eigenvalue weighted by Gasteiger charge is -2.49. The molecule has 1 N–H and O–H groups in total. The minimum absolute atomic E-state index is 0.212. The van der Waals surface area contributed by atoms with Crippen molar-refractivity contribution in [2.45, 2.75) is 22.1 Å². The third-order valence-corrected chi connectivity index (χ3v) is 4.72. The molecule has 0 aliphatic carbocycles. The van der Waals surface area contributed by atoms with Crippen molar-refractivity contribution in [3.05, 3.63) is 11.3 Å². The van der Waals surface area contributed by atoms with E-state index in [0.717, 1.165) is 5.57 Å². The van der Waals surface area contributed by atoms with Gasteiger partial charge in [0.05, 0.1) is 7.11 Å². The van der Waals surface area contributed by atoms with Crippen LogP contribution in [0.15, 0.2) is 11.3 Å². The topological polar surface area (TPSA) is 67.9 Å². The van der Waals surface area contributed by atoms with Crippen molar-refractivity contribution >= 4 is 58.4 Å². The first-order chi connectivity index (χ1) is 9.76. The quantitative estimate of drug-likeness (QED) is 0.348. The second kappa shape index (κ2) is 6.52. The normalized spacial score (nSPS) is 25.6.